The molecule has 1 nitrogen and oxygen atoms in total. The Kier molecular flexibility index (Phi) is 3.84. The Morgan fingerprint density at radius 1 is 1.18 bits per heavy atom. The van der Waals surface area contributed by atoms with Crippen LogP contribution in [-0.4, -0.2) is 4.98 Å². The van der Waals surface area contributed by atoms with Crippen LogP contribution in [0.4, 0.5) is 8.78 Å². The minimum absolute atomic E-state index is 0.0764. The SMILES string of the molecule is Fc1cccc(CC(Br)c2cccnc2)c1F. The summed E-state index contributed by atoms with van der Waals surface area (Å²) in [5, 5.41) is 0. The van der Waals surface area contributed by atoms with E-state index in [1.807, 2.05) is 12.1 Å². The molecule has 0 aliphatic heterocycles. The van der Waals surface area contributed by atoms with Crippen LogP contribution in [0, 0.1) is 11.6 Å². The molecule has 1 heterocycles. The molecule has 1 aromatic carbocycles. The van der Waals surface area contributed by atoms with Gasteiger partial charge >= 0.3 is 0 Å². The Labute approximate surface area is 107 Å². The zero-order valence-electron chi connectivity index (χ0n) is 8.91. The molecule has 1 atom stereocenters. The van der Waals surface area contributed by atoms with E-state index in [9.17, 15) is 8.78 Å². The zero-order chi connectivity index (χ0) is 12.3. The maximum Gasteiger partial charge on any atom is 0.162 e. The third-order valence-electron chi connectivity index (χ3n) is 2.48. The third-order valence-corrected chi connectivity index (χ3v) is 3.33. The van der Waals surface area contributed by atoms with Crippen LogP contribution in [0.5, 0.6) is 0 Å². The molecule has 0 amide bonds. The molecular weight excluding hydrogens is 288 g/mol. The molecule has 17 heavy (non-hydrogen) atoms. The Morgan fingerprint density at radius 2 is 2.00 bits per heavy atom. The van der Waals surface area contributed by atoms with E-state index in [1.54, 1.807) is 18.5 Å². The first-order valence-electron chi connectivity index (χ1n) is 5.15. The van der Waals surface area contributed by atoms with Gasteiger partial charge in [-0.25, -0.2) is 8.78 Å². The van der Waals surface area contributed by atoms with E-state index in [4.69, 9.17) is 0 Å². The molecule has 1 aromatic heterocycles. The zero-order valence-corrected chi connectivity index (χ0v) is 10.5. The van der Waals surface area contributed by atoms with Crippen molar-refractivity contribution in [3.63, 3.8) is 0 Å². The molecule has 0 aliphatic carbocycles. The van der Waals surface area contributed by atoms with Crippen molar-refractivity contribution in [1.29, 1.82) is 0 Å². The molecule has 0 fully saturated rings. The van der Waals surface area contributed by atoms with E-state index in [1.165, 1.54) is 6.07 Å². The van der Waals surface area contributed by atoms with Crippen LogP contribution in [0.3, 0.4) is 0 Å². The lowest BCUT2D eigenvalue weighted by atomic mass is 10.1. The van der Waals surface area contributed by atoms with Gasteiger partial charge in [-0.15, -0.1) is 0 Å². The fraction of sp³-hybridized carbons (Fsp3) is 0.154. The lowest BCUT2D eigenvalue weighted by Crippen LogP contribution is -2.00. The molecule has 0 N–H and O–H groups in total. The van der Waals surface area contributed by atoms with Crippen molar-refractivity contribution in [2.45, 2.75) is 11.2 Å². The minimum Gasteiger partial charge on any atom is -0.264 e. The standard InChI is InChI=1S/C13H10BrF2N/c14-11(10-4-2-6-17-8-10)7-9-3-1-5-12(15)13(9)16/h1-6,8,11H,7H2. The summed E-state index contributed by atoms with van der Waals surface area (Å²) in [6.45, 7) is 0. The van der Waals surface area contributed by atoms with Crippen molar-refractivity contribution >= 4 is 15.9 Å². The highest BCUT2D eigenvalue weighted by atomic mass is 79.9. The first-order chi connectivity index (χ1) is 8.18. The summed E-state index contributed by atoms with van der Waals surface area (Å²) in [6, 6.07) is 7.92. The predicted molar refractivity (Wildman–Crippen MR) is 66.0 cm³/mol. The van der Waals surface area contributed by atoms with Gasteiger partial charge in [0.05, 0.1) is 0 Å². The van der Waals surface area contributed by atoms with Gasteiger partial charge in [0.2, 0.25) is 0 Å². The van der Waals surface area contributed by atoms with Gasteiger partial charge in [0.15, 0.2) is 11.6 Å². The van der Waals surface area contributed by atoms with E-state index < -0.39 is 11.6 Å². The van der Waals surface area contributed by atoms with Crippen molar-refractivity contribution < 1.29 is 8.78 Å². The lowest BCUT2D eigenvalue weighted by Gasteiger charge is -2.10. The predicted octanol–water partition coefficient (Wildman–Crippen LogP) is 4.04. The monoisotopic (exact) mass is 297 g/mol. The van der Waals surface area contributed by atoms with Crippen molar-refractivity contribution in [3.05, 3.63) is 65.5 Å². The Bertz CT molecular complexity index is 502. The highest BCUT2D eigenvalue weighted by molar-refractivity contribution is 9.09. The normalized spacial score (nSPS) is 12.4. The van der Waals surface area contributed by atoms with Crippen molar-refractivity contribution in [2.24, 2.45) is 0 Å². The number of pyridine rings is 1. The minimum atomic E-state index is -0.812. The number of halogens is 3. The van der Waals surface area contributed by atoms with Gasteiger partial charge in [0, 0.05) is 17.2 Å². The summed E-state index contributed by atoms with van der Waals surface area (Å²) in [5.74, 6) is -1.59. The second kappa shape index (κ2) is 5.36. The smallest absolute Gasteiger partial charge is 0.162 e. The molecule has 2 rings (SSSR count). The number of nitrogens with zero attached hydrogens (tertiary/aromatic N) is 1. The molecule has 88 valence electrons. The maximum atomic E-state index is 13.5. The van der Waals surface area contributed by atoms with Gasteiger partial charge < -0.3 is 0 Å². The van der Waals surface area contributed by atoms with E-state index in [0.717, 1.165) is 11.6 Å². The highest BCUT2D eigenvalue weighted by Crippen LogP contribution is 2.27. The summed E-state index contributed by atoms with van der Waals surface area (Å²) in [5.41, 5.74) is 1.30. The second-order valence-electron chi connectivity index (χ2n) is 3.67. The fourth-order valence-corrected chi connectivity index (χ4v) is 2.20. The van der Waals surface area contributed by atoms with Crippen LogP contribution in [0.2, 0.25) is 0 Å². The molecule has 0 radical (unpaired) electrons. The molecule has 0 aliphatic rings. The van der Waals surface area contributed by atoms with Crippen LogP contribution in [0.1, 0.15) is 16.0 Å². The first-order valence-corrected chi connectivity index (χ1v) is 6.07. The lowest BCUT2D eigenvalue weighted by molar-refractivity contribution is 0.498. The number of aromatic nitrogens is 1. The van der Waals surface area contributed by atoms with Crippen LogP contribution in [0.15, 0.2) is 42.7 Å². The molecule has 2 aromatic rings. The summed E-state index contributed by atoms with van der Waals surface area (Å²) < 4.78 is 26.5. The van der Waals surface area contributed by atoms with Crippen molar-refractivity contribution in [1.82, 2.24) is 4.98 Å². The van der Waals surface area contributed by atoms with Crippen LogP contribution in [0.25, 0.3) is 0 Å². The molecular formula is C13H10BrF2N. The first kappa shape index (κ1) is 12.2. The summed E-state index contributed by atoms with van der Waals surface area (Å²) in [7, 11) is 0. The van der Waals surface area contributed by atoms with Gasteiger partial charge in [0.25, 0.3) is 0 Å². The summed E-state index contributed by atoms with van der Waals surface area (Å²) in [6.07, 6.45) is 3.76. The Balaban J connectivity index is 2.19. The third kappa shape index (κ3) is 2.88. The molecule has 4 heteroatoms. The number of rotatable bonds is 3. The Morgan fingerprint density at radius 3 is 2.71 bits per heavy atom. The van der Waals surface area contributed by atoms with Gasteiger partial charge in [-0.2, -0.15) is 0 Å². The molecule has 0 saturated heterocycles. The summed E-state index contributed by atoms with van der Waals surface area (Å²) in [4.78, 5) is 3.91. The molecule has 1 unspecified atom stereocenters. The number of benzene rings is 1. The van der Waals surface area contributed by atoms with Crippen molar-refractivity contribution in [3.8, 4) is 0 Å². The molecule has 0 saturated carbocycles. The fourth-order valence-electron chi connectivity index (χ4n) is 1.58. The largest absolute Gasteiger partial charge is 0.264 e. The number of hydrogen-bond acceptors (Lipinski definition) is 1. The maximum absolute atomic E-state index is 13.5. The van der Waals surface area contributed by atoms with E-state index in [-0.39, 0.29) is 4.83 Å². The van der Waals surface area contributed by atoms with Gasteiger partial charge in [-0.3, -0.25) is 4.98 Å². The van der Waals surface area contributed by atoms with Crippen LogP contribution >= 0.6 is 15.9 Å². The van der Waals surface area contributed by atoms with Gasteiger partial charge in [-0.1, -0.05) is 34.1 Å². The number of alkyl halides is 1. The average molecular weight is 298 g/mol. The van der Waals surface area contributed by atoms with E-state index in [0.29, 0.717) is 12.0 Å². The van der Waals surface area contributed by atoms with Crippen molar-refractivity contribution in [2.75, 3.05) is 0 Å². The highest BCUT2D eigenvalue weighted by Gasteiger charge is 2.13. The molecule has 0 bridgehead atoms. The Hall–Kier alpha value is -1.29. The topological polar surface area (TPSA) is 12.9 Å². The number of hydrogen-bond donors (Lipinski definition) is 0. The van der Waals surface area contributed by atoms with Crippen LogP contribution < -0.4 is 0 Å². The van der Waals surface area contributed by atoms with Crippen LogP contribution in [-0.2, 0) is 6.42 Å². The quantitative estimate of drug-likeness (QED) is 0.779. The second-order valence-corrected chi connectivity index (χ2v) is 4.78. The van der Waals surface area contributed by atoms with E-state index >= 15 is 0 Å². The summed E-state index contributed by atoms with van der Waals surface area (Å²) >= 11 is 3.45. The van der Waals surface area contributed by atoms with E-state index in [2.05, 4.69) is 20.9 Å². The van der Waals surface area contributed by atoms with Gasteiger partial charge in [-0.05, 0) is 29.7 Å². The molecule has 0 spiro atoms. The average Bonchev–Trinajstić information content (AvgIpc) is 2.36. The van der Waals surface area contributed by atoms with Gasteiger partial charge in [0.1, 0.15) is 0 Å².